The molecule has 0 amide bonds. The molecule has 0 unspecified atom stereocenters. The maximum Gasteiger partial charge on any atom is 0.309 e. The molecule has 0 aromatic heterocycles. The Kier molecular flexibility index (Phi) is 7.17. The first-order chi connectivity index (χ1) is 12.8. The molecule has 0 N–H and O–H groups in total. The lowest BCUT2D eigenvalue weighted by Gasteiger charge is -2.26. The predicted molar refractivity (Wildman–Crippen MR) is 102 cm³/mol. The molecule has 2 nitrogen and oxygen atoms in total. The molecule has 0 bridgehead atoms. The number of unbranched alkanes of at least 4 members (excludes halogenated alkanes) is 1. The summed E-state index contributed by atoms with van der Waals surface area (Å²) in [5, 5.41) is 0. The Morgan fingerprint density at radius 1 is 0.815 bits per heavy atom. The van der Waals surface area contributed by atoms with Crippen molar-refractivity contribution < 1.29 is 22.6 Å². The summed E-state index contributed by atoms with van der Waals surface area (Å²) < 4.78 is 48.7. The first kappa shape index (κ1) is 21.1. The van der Waals surface area contributed by atoms with Gasteiger partial charge in [0, 0.05) is 5.41 Å². The second-order valence-corrected chi connectivity index (χ2v) is 7.15. The van der Waals surface area contributed by atoms with Gasteiger partial charge in [-0.3, -0.25) is 0 Å². The molecule has 0 aliphatic carbocycles. The molecule has 2 aromatic rings. The second-order valence-electron chi connectivity index (χ2n) is 7.15. The molecule has 0 fully saturated rings. The fraction of sp³-hybridized carbons (Fsp3) is 0.455. The van der Waals surface area contributed by atoms with E-state index in [0.717, 1.165) is 29.7 Å². The first-order valence-corrected chi connectivity index (χ1v) is 9.19. The molecule has 0 saturated heterocycles. The van der Waals surface area contributed by atoms with E-state index in [-0.39, 0.29) is 5.41 Å². The van der Waals surface area contributed by atoms with Crippen LogP contribution in [0.3, 0.4) is 0 Å². The van der Waals surface area contributed by atoms with Crippen molar-refractivity contribution in [2.45, 2.75) is 45.0 Å². The van der Waals surface area contributed by atoms with Gasteiger partial charge in [0.15, 0.2) is 13.3 Å². The minimum Gasteiger partial charge on any atom is -0.494 e. The second kappa shape index (κ2) is 9.16. The van der Waals surface area contributed by atoms with Crippen LogP contribution < -0.4 is 9.47 Å². The Morgan fingerprint density at radius 2 is 1.30 bits per heavy atom. The van der Waals surface area contributed by atoms with Crippen molar-refractivity contribution in [1.82, 2.24) is 0 Å². The molecular formula is C22H27F3O2. The van der Waals surface area contributed by atoms with Crippen LogP contribution in [-0.4, -0.2) is 25.8 Å². The fourth-order valence-electron chi connectivity index (χ4n) is 2.66. The highest BCUT2D eigenvalue weighted by Crippen LogP contribution is 2.33. The highest BCUT2D eigenvalue weighted by Gasteiger charge is 2.30. The Hall–Kier alpha value is -2.17. The van der Waals surface area contributed by atoms with E-state index in [1.54, 1.807) is 12.1 Å². The molecule has 2 aromatic carbocycles. The number of rotatable bonds is 10. The van der Waals surface area contributed by atoms with Crippen molar-refractivity contribution in [3.8, 4) is 11.5 Å². The van der Waals surface area contributed by atoms with Crippen LogP contribution >= 0.6 is 0 Å². The Bertz CT molecular complexity index is 695. The monoisotopic (exact) mass is 380 g/mol. The summed E-state index contributed by atoms with van der Waals surface area (Å²) in [5.41, 5.74) is 1.86. The number of ether oxygens (including phenoxy) is 2. The maximum atomic E-state index is 12.9. The molecule has 5 heteroatoms. The largest absolute Gasteiger partial charge is 0.494 e. The van der Waals surface area contributed by atoms with Crippen LogP contribution in [0.25, 0.3) is 0 Å². The van der Waals surface area contributed by atoms with Crippen molar-refractivity contribution >= 4 is 0 Å². The zero-order valence-electron chi connectivity index (χ0n) is 16.1. The van der Waals surface area contributed by atoms with Crippen molar-refractivity contribution in [2.24, 2.45) is 0 Å². The summed E-state index contributed by atoms with van der Waals surface area (Å²) >= 11 is 0. The van der Waals surface area contributed by atoms with Crippen LogP contribution in [0.2, 0.25) is 0 Å². The molecule has 0 spiro atoms. The highest BCUT2D eigenvalue weighted by molar-refractivity contribution is 5.41. The van der Waals surface area contributed by atoms with E-state index in [2.05, 4.69) is 20.8 Å². The third kappa shape index (κ3) is 5.91. The maximum absolute atomic E-state index is 12.9. The normalized spacial score (nSPS) is 12.1. The average Bonchev–Trinajstić information content (AvgIpc) is 2.67. The molecule has 148 valence electrons. The van der Waals surface area contributed by atoms with E-state index < -0.39 is 19.2 Å². The topological polar surface area (TPSA) is 18.5 Å². The number of hydrogen-bond donors (Lipinski definition) is 0. The molecule has 0 aliphatic heterocycles. The van der Waals surface area contributed by atoms with Gasteiger partial charge in [-0.25, -0.2) is 4.39 Å². The zero-order valence-corrected chi connectivity index (χ0v) is 16.1. The lowest BCUT2D eigenvalue weighted by Crippen LogP contribution is -2.27. The summed E-state index contributed by atoms with van der Waals surface area (Å²) in [7, 11) is 0. The van der Waals surface area contributed by atoms with E-state index in [0.29, 0.717) is 12.4 Å². The van der Waals surface area contributed by atoms with Gasteiger partial charge >= 0.3 is 5.92 Å². The van der Waals surface area contributed by atoms with E-state index in [1.807, 2.05) is 36.4 Å². The Morgan fingerprint density at radius 3 is 1.74 bits per heavy atom. The molecule has 0 aliphatic rings. The lowest BCUT2D eigenvalue weighted by molar-refractivity contribution is -0.0584. The molecule has 0 heterocycles. The number of halogens is 3. The van der Waals surface area contributed by atoms with Crippen LogP contribution in [0.1, 0.15) is 44.7 Å². The van der Waals surface area contributed by atoms with E-state index in [9.17, 15) is 13.2 Å². The molecule has 0 radical (unpaired) electrons. The SMILES string of the molecule is CCCCOc1ccc(C(C)(C)c2ccc(OCC(F)(F)CF)cc2)cc1. The Balaban J connectivity index is 2.05. The molecule has 0 saturated carbocycles. The Labute approximate surface area is 159 Å². The van der Waals surface area contributed by atoms with Gasteiger partial charge in [0.25, 0.3) is 0 Å². The zero-order chi connectivity index (χ0) is 19.9. The van der Waals surface area contributed by atoms with E-state index in [4.69, 9.17) is 9.47 Å². The summed E-state index contributed by atoms with van der Waals surface area (Å²) in [6, 6.07) is 14.9. The summed E-state index contributed by atoms with van der Waals surface area (Å²) in [6.07, 6.45) is 2.12. The molecule has 0 atom stereocenters. The quantitative estimate of drug-likeness (QED) is 0.459. The van der Waals surface area contributed by atoms with Gasteiger partial charge in [-0.1, -0.05) is 51.5 Å². The van der Waals surface area contributed by atoms with Gasteiger partial charge in [0.2, 0.25) is 0 Å². The molecule has 2 rings (SSSR count). The van der Waals surface area contributed by atoms with Gasteiger partial charge in [-0.05, 0) is 41.8 Å². The molecular weight excluding hydrogens is 353 g/mol. The van der Waals surface area contributed by atoms with Gasteiger partial charge in [0.05, 0.1) is 6.61 Å². The van der Waals surface area contributed by atoms with Crippen LogP contribution in [0, 0.1) is 0 Å². The number of benzene rings is 2. The smallest absolute Gasteiger partial charge is 0.309 e. The lowest BCUT2D eigenvalue weighted by atomic mass is 9.78. The van der Waals surface area contributed by atoms with Crippen LogP contribution in [-0.2, 0) is 5.41 Å². The summed E-state index contributed by atoms with van der Waals surface area (Å²) in [4.78, 5) is 0. The third-order valence-electron chi connectivity index (χ3n) is 4.56. The van der Waals surface area contributed by atoms with Crippen LogP contribution in [0.5, 0.6) is 11.5 Å². The van der Waals surface area contributed by atoms with Crippen LogP contribution in [0.15, 0.2) is 48.5 Å². The number of hydrogen-bond acceptors (Lipinski definition) is 2. The summed E-state index contributed by atoms with van der Waals surface area (Å²) in [6.45, 7) is 4.32. The van der Waals surface area contributed by atoms with Gasteiger partial charge < -0.3 is 9.47 Å². The van der Waals surface area contributed by atoms with Gasteiger partial charge in [-0.2, -0.15) is 8.78 Å². The highest BCUT2D eigenvalue weighted by atomic mass is 19.3. The summed E-state index contributed by atoms with van der Waals surface area (Å²) in [5.74, 6) is -2.32. The van der Waals surface area contributed by atoms with Crippen molar-refractivity contribution in [3.05, 3.63) is 59.7 Å². The minimum absolute atomic E-state index is 0.274. The van der Waals surface area contributed by atoms with Gasteiger partial charge in [-0.15, -0.1) is 0 Å². The molecule has 27 heavy (non-hydrogen) atoms. The van der Waals surface area contributed by atoms with Crippen molar-refractivity contribution in [3.63, 3.8) is 0 Å². The van der Waals surface area contributed by atoms with Crippen molar-refractivity contribution in [2.75, 3.05) is 19.9 Å². The predicted octanol–water partition coefficient (Wildman–Crippen LogP) is 6.18. The fourth-order valence-corrected chi connectivity index (χ4v) is 2.66. The minimum atomic E-state index is -3.46. The number of alkyl halides is 3. The first-order valence-electron chi connectivity index (χ1n) is 9.19. The standard InChI is InChI=1S/C22H27F3O2/c1-4-5-14-26-19-10-6-17(7-11-19)21(2,3)18-8-12-20(13-9-18)27-16-22(24,25)15-23/h6-13H,4-5,14-16H2,1-3H3. The van der Waals surface area contributed by atoms with Crippen molar-refractivity contribution in [1.29, 1.82) is 0 Å². The van der Waals surface area contributed by atoms with E-state index in [1.165, 1.54) is 0 Å². The van der Waals surface area contributed by atoms with Gasteiger partial charge in [0.1, 0.15) is 11.5 Å². The van der Waals surface area contributed by atoms with Crippen LogP contribution in [0.4, 0.5) is 13.2 Å². The van der Waals surface area contributed by atoms with E-state index >= 15 is 0 Å². The average molecular weight is 380 g/mol. The third-order valence-corrected chi connectivity index (χ3v) is 4.56.